The molecule has 1 aromatic heterocycles. The smallest absolute Gasteiger partial charge is 0.227 e. The van der Waals surface area contributed by atoms with E-state index >= 15 is 0 Å². The molecule has 3 aliphatic rings. The molecule has 1 aliphatic carbocycles. The minimum absolute atomic E-state index is 0.103. The number of ether oxygens (including phenoxy) is 1. The molecule has 3 heterocycles. The lowest BCUT2D eigenvalue weighted by Crippen LogP contribution is -2.51. The van der Waals surface area contributed by atoms with Gasteiger partial charge in [-0.25, -0.2) is 0 Å². The van der Waals surface area contributed by atoms with Crippen LogP contribution in [0.5, 0.6) is 0 Å². The predicted molar refractivity (Wildman–Crippen MR) is 100 cm³/mol. The maximum atomic E-state index is 9.57. The molecular formula is C19H33N5O2. The van der Waals surface area contributed by atoms with Crippen molar-refractivity contribution in [2.45, 2.75) is 58.2 Å². The van der Waals surface area contributed by atoms with Crippen LogP contribution in [-0.4, -0.2) is 76.3 Å². The minimum Gasteiger partial charge on any atom is -0.393 e. The Morgan fingerprint density at radius 1 is 1.15 bits per heavy atom. The van der Waals surface area contributed by atoms with Gasteiger partial charge in [-0.05, 0) is 31.1 Å². The Kier molecular flexibility index (Phi) is 5.47. The van der Waals surface area contributed by atoms with E-state index in [1.54, 1.807) is 0 Å². The maximum Gasteiger partial charge on any atom is 0.227 e. The molecule has 1 N–H and O–H groups in total. The van der Waals surface area contributed by atoms with Crippen LogP contribution in [0.2, 0.25) is 0 Å². The standard InChI is InChI=1S/C19H33N5O2/c1-14(2)12-24-18(11-15-9-17(25)10-15)20-21-19(24)23-6-4-22(5-7-23)16-3-8-26-13-16/h14-17,25H,3-13H2,1-2H3. The number of aliphatic hydroxyl groups is 1. The quantitative estimate of drug-likeness (QED) is 0.818. The fourth-order valence-electron chi connectivity index (χ4n) is 4.49. The first-order chi connectivity index (χ1) is 12.6. The molecule has 0 radical (unpaired) electrons. The van der Waals surface area contributed by atoms with E-state index < -0.39 is 0 Å². The zero-order valence-corrected chi connectivity index (χ0v) is 16.2. The second-order valence-corrected chi connectivity index (χ2v) is 8.66. The molecule has 0 aromatic carbocycles. The first-order valence-corrected chi connectivity index (χ1v) is 10.3. The third kappa shape index (κ3) is 3.89. The summed E-state index contributed by atoms with van der Waals surface area (Å²) >= 11 is 0. The highest BCUT2D eigenvalue weighted by Gasteiger charge is 2.31. The fourth-order valence-corrected chi connectivity index (χ4v) is 4.49. The summed E-state index contributed by atoms with van der Waals surface area (Å²) in [5, 5.41) is 18.7. The van der Waals surface area contributed by atoms with E-state index in [0.29, 0.717) is 17.9 Å². The normalized spacial score (nSPS) is 30.2. The monoisotopic (exact) mass is 363 g/mol. The number of rotatable bonds is 6. The van der Waals surface area contributed by atoms with Crippen molar-refractivity contribution >= 4 is 5.95 Å². The number of hydrogen-bond acceptors (Lipinski definition) is 6. The first-order valence-electron chi connectivity index (χ1n) is 10.3. The first kappa shape index (κ1) is 18.2. The summed E-state index contributed by atoms with van der Waals surface area (Å²) in [6.07, 6.45) is 3.82. The number of anilines is 1. The molecule has 0 spiro atoms. The molecular weight excluding hydrogens is 330 g/mol. The van der Waals surface area contributed by atoms with Gasteiger partial charge in [-0.15, -0.1) is 10.2 Å². The van der Waals surface area contributed by atoms with E-state index in [2.05, 4.69) is 38.4 Å². The highest BCUT2D eigenvalue weighted by molar-refractivity contribution is 5.32. The van der Waals surface area contributed by atoms with E-state index in [1.165, 1.54) is 6.42 Å². The average molecular weight is 364 g/mol. The van der Waals surface area contributed by atoms with Gasteiger partial charge in [0.2, 0.25) is 5.95 Å². The van der Waals surface area contributed by atoms with Crippen molar-refractivity contribution in [3.05, 3.63) is 5.82 Å². The second-order valence-electron chi connectivity index (χ2n) is 8.66. The highest BCUT2D eigenvalue weighted by Crippen LogP contribution is 2.31. The number of piperazine rings is 1. The van der Waals surface area contributed by atoms with Gasteiger partial charge in [0.05, 0.1) is 12.7 Å². The summed E-state index contributed by atoms with van der Waals surface area (Å²) < 4.78 is 7.89. The molecule has 3 fully saturated rings. The molecule has 7 heteroatoms. The Morgan fingerprint density at radius 2 is 1.92 bits per heavy atom. The van der Waals surface area contributed by atoms with E-state index in [0.717, 1.165) is 77.0 Å². The lowest BCUT2D eigenvalue weighted by atomic mass is 9.80. The third-order valence-corrected chi connectivity index (χ3v) is 6.06. The van der Waals surface area contributed by atoms with Gasteiger partial charge in [-0.3, -0.25) is 9.47 Å². The van der Waals surface area contributed by atoms with Crippen LogP contribution in [-0.2, 0) is 17.7 Å². The molecule has 7 nitrogen and oxygen atoms in total. The Hall–Kier alpha value is -1.18. The molecule has 1 atom stereocenters. The Morgan fingerprint density at radius 3 is 2.54 bits per heavy atom. The minimum atomic E-state index is -0.103. The predicted octanol–water partition coefficient (Wildman–Crippen LogP) is 1.16. The molecule has 1 unspecified atom stereocenters. The van der Waals surface area contributed by atoms with Crippen molar-refractivity contribution in [3.63, 3.8) is 0 Å². The number of aromatic nitrogens is 3. The van der Waals surface area contributed by atoms with Gasteiger partial charge in [-0.1, -0.05) is 13.8 Å². The summed E-state index contributed by atoms with van der Waals surface area (Å²) in [6.45, 7) is 11.4. The highest BCUT2D eigenvalue weighted by atomic mass is 16.5. The van der Waals surface area contributed by atoms with Crippen LogP contribution in [0.4, 0.5) is 5.95 Å². The topological polar surface area (TPSA) is 66.7 Å². The summed E-state index contributed by atoms with van der Waals surface area (Å²) in [5.41, 5.74) is 0. The molecule has 4 rings (SSSR count). The summed E-state index contributed by atoms with van der Waals surface area (Å²) in [4.78, 5) is 4.98. The molecule has 0 amide bonds. The van der Waals surface area contributed by atoms with Gasteiger partial charge < -0.3 is 14.7 Å². The van der Waals surface area contributed by atoms with Gasteiger partial charge in [0.1, 0.15) is 5.82 Å². The van der Waals surface area contributed by atoms with Gasteiger partial charge in [-0.2, -0.15) is 0 Å². The van der Waals surface area contributed by atoms with E-state index in [1.807, 2.05) is 0 Å². The number of aliphatic hydroxyl groups excluding tert-OH is 1. The van der Waals surface area contributed by atoms with Crippen LogP contribution < -0.4 is 4.90 Å². The van der Waals surface area contributed by atoms with Crippen LogP contribution in [0.3, 0.4) is 0 Å². The third-order valence-electron chi connectivity index (χ3n) is 6.06. The zero-order valence-electron chi connectivity index (χ0n) is 16.2. The van der Waals surface area contributed by atoms with Crippen LogP contribution in [0.1, 0.15) is 38.9 Å². The molecule has 1 saturated carbocycles. The van der Waals surface area contributed by atoms with Gasteiger partial charge in [0, 0.05) is 51.8 Å². The van der Waals surface area contributed by atoms with Crippen LogP contribution in [0.15, 0.2) is 0 Å². The van der Waals surface area contributed by atoms with Crippen LogP contribution in [0.25, 0.3) is 0 Å². The maximum absolute atomic E-state index is 9.57. The van der Waals surface area contributed by atoms with Crippen molar-refractivity contribution in [2.75, 3.05) is 44.3 Å². The molecule has 2 aliphatic heterocycles. The van der Waals surface area contributed by atoms with Crippen molar-refractivity contribution in [1.29, 1.82) is 0 Å². The van der Waals surface area contributed by atoms with Gasteiger partial charge in [0.25, 0.3) is 0 Å². The van der Waals surface area contributed by atoms with E-state index in [4.69, 9.17) is 4.74 Å². The van der Waals surface area contributed by atoms with Crippen LogP contribution in [0, 0.1) is 11.8 Å². The Balaban J connectivity index is 1.42. The Bertz CT molecular complexity index is 585. The van der Waals surface area contributed by atoms with E-state index in [9.17, 15) is 5.11 Å². The lowest BCUT2D eigenvalue weighted by molar-refractivity contribution is 0.0419. The van der Waals surface area contributed by atoms with Gasteiger partial charge >= 0.3 is 0 Å². The molecule has 146 valence electrons. The molecule has 1 aromatic rings. The van der Waals surface area contributed by atoms with Crippen molar-refractivity contribution in [1.82, 2.24) is 19.7 Å². The van der Waals surface area contributed by atoms with E-state index in [-0.39, 0.29) is 6.10 Å². The molecule has 2 saturated heterocycles. The van der Waals surface area contributed by atoms with Crippen molar-refractivity contribution < 1.29 is 9.84 Å². The summed E-state index contributed by atoms with van der Waals surface area (Å²) in [6, 6.07) is 0.603. The second kappa shape index (κ2) is 7.82. The zero-order chi connectivity index (χ0) is 18.1. The largest absolute Gasteiger partial charge is 0.393 e. The SMILES string of the molecule is CC(C)Cn1c(CC2CC(O)C2)nnc1N1CCN(C2CCOC2)CC1. The number of nitrogens with zero attached hydrogens (tertiary/aromatic N) is 5. The van der Waals surface area contributed by atoms with Gasteiger partial charge in [0.15, 0.2) is 0 Å². The fraction of sp³-hybridized carbons (Fsp3) is 0.895. The lowest BCUT2D eigenvalue weighted by Gasteiger charge is -2.38. The Labute approximate surface area is 156 Å². The van der Waals surface area contributed by atoms with Crippen molar-refractivity contribution in [2.24, 2.45) is 11.8 Å². The summed E-state index contributed by atoms with van der Waals surface area (Å²) in [5.74, 6) is 3.26. The average Bonchev–Trinajstić information content (AvgIpc) is 3.24. The molecule has 0 bridgehead atoms. The van der Waals surface area contributed by atoms with Crippen LogP contribution >= 0.6 is 0 Å². The van der Waals surface area contributed by atoms with Crippen molar-refractivity contribution in [3.8, 4) is 0 Å². The molecule has 26 heavy (non-hydrogen) atoms. The number of hydrogen-bond donors (Lipinski definition) is 1. The summed E-state index contributed by atoms with van der Waals surface area (Å²) in [7, 11) is 0.